The van der Waals surface area contributed by atoms with Gasteiger partial charge >= 0.3 is 6.09 Å². The number of benzene rings is 1. The molecule has 2 aromatic heterocycles. The van der Waals surface area contributed by atoms with Crippen molar-refractivity contribution in [1.82, 2.24) is 9.97 Å². The first kappa shape index (κ1) is 20.1. The van der Waals surface area contributed by atoms with Crippen LogP contribution in [-0.4, -0.2) is 29.6 Å². The monoisotopic (exact) mass is 420 g/mol. The minimum Gasteiger partial charge on any atom is -0.465 e. The lowest BCUT2D eigenvalue weighted by molar-refractivity contribution is 0.209. The standard InChI is InChI=1S/C18H14F2N4O4S/c1-10-15(24-29(27,28)16-3-2-13(19)8-14(16)20)6-12(9-22-10)11-4-5-21-17(7-11)23-18(25)26/h2-9,24H,1H3,(H,21,23)(H,25,26). The van der Waals surface area contributed by atoms with E-state index in [1.165, 1.54) is 24.5 Å². The van der Waals surface area contributed by atoms with E-state index in [-0.39, 0.29) is 11.5 Å². The van der Waals surface area contributed by atoms with Gasteiger partial charge in [0.25, 0.3) is 10.0 Å². The number of carboxylic acid groups (broad SMARTS) is 1. The lowest BCUT2D eigenvalue weighted by atomic mass is 10.1. The molecule has 0 saturated heterocycles. The van der Waals surface area contributed by atoms with Crippen LogP contribution in [0.15, 0.2) is 53.7 Å². The number of sulfonamides is 1. The topological polar surface area (TPSA) is 121 Å². The summed E-state index contributed by atoms with van der Waals surface area (Å²) in [6.45, 7) is 1.55. The van der Waals surface area contributed by atoms with E-state index in [4.69, 9.17) is 5.11 Å². The van der Waals surface area contributed by atoms with Crippen molar-refractivity contribution in [3.05, 3.63) is 66.1 Å². The first-order valence-corrected chi connectivity index (χ1v) is 9.55. The van der Waals surface area contributed by atoms with Crippen LogP contribution in [-0.2, 0) is 10.0 Å². The van der Waals surface area contributed by atoms with Crippen molar-refractivity contribution < 1.29 is 27.1 Å². The van der Waals surface area contributed by atoms with Crippen LogP contribution >= 0.6 is 0 Å². The number of rotatable bonds is 5. The lowest BCUT2D eigenvalue weighted by Crippen LogP contribution is -2.16. The molecule has 0 radical (unpaired) electrons. The second-order valence-corrected chi connectivity index (χ2v) is 7.55. The molecule has 3 N–H and O–H groups in total. The Kier molecular flexibility index (Phi) is 5.41. The molecule has 1 amide bonds. The zero-order valence-corrected chi connectivity index (χ0v) is 15.7. The molecular formula is C18H14F2N4O4S. The van der Waals surface area contributed by atoms with E-state index < -0.39 is 32.6 Å². The maximum absolute atomic E-state index is 13.9. The van der Waals surface area contributed by atoms with E-state index in [9.17, 15) is 22.0 Å². The molecule has 0 fully saturated rings. The Morgan fingerprint density at radius 1 is 1.07 bits per heavy atom. The summed E-state index contributed by atoms with van der Waals surface area (Å²) in [5.74, 6) is -2.05. The van der Waals surface area contributed by atoms with E-state index in [2.05, 4.69) is 20.0 Å². The van der Waals surface area contributed by atoms with Crippen molar-refractivity contribution in [2.24, 2.45) is 0 Å². The Morgan fingerprint density at radius 3 is 2.52 bits per heavy atom. The first-order chi connectivity index (χ1) is 13.7. The van der Waals surface area contributed by atoms with Crippen LogP contribution in [0.1, 0.15) is 5.69 Å². The molecule has 0 unspecified atom stereocenters. The number of amides is 1. The van der Waals surface area contributed by atoms with Gasteiger partial charge in [-0.1, -0.05) is 0 Å². The molecule has 3 rings (SSSR count). The summed E-state index contributed by atoms with van der Waals surface area (Å²) < 4.78 is 54.3. The summed E-state index contributed by atoms with van der Waals surface area (Å²) in [5, 5.41) is 10.9. The minimum absolute atomic E-state index is 0.0751. The van der Waals surface area contributed by atoms with Gasteiger partial charge in [-0.2, -0.15) is 0 Å². The molecule has 8 nitrogen and oxygen atoms in total. The highest BCUT2D eigenvalue weighted by Gasteiger charge is 2.21. The smallest absolute Gasteiger partial charge is 0.410 e. The van der Waals surface area contributed by atoms with Crippen LogP contribution < -0.4 is 10.0 Å². The van der Waals surface area contributed by atoms with Crippen molar-refractivity contribution in [2.45, 2.75) is 11.8 Å². The molecule has 0 aliphatic heterocycles. The molecule has 2 heterocycles. The molecular weight excluding hydrogens is 406 g/mol. The van der Waals surface area contributed by atoms with Crippen molar-refractivity contribution in [2.75, 3.05) is 10.0 Å². The molecule has 0 saturated carbocycles. The summed E-state index contributed by atoms with van der Waals surface area (Å²) in [6.07, 6.45) is 1.55. The summed E-state index contributed by atoms with van der Waals surface area (Å²) >= 11 is 0. The van der Waals surface area contributed by atoms with Crippen LogP contribution in [0.5, 0.6) is 0 Å². The molecule has 0 aliphatic carbocycles. The van der Waals surface area contributed by atoms with Gasteiger partial charge in [-0.25, -0.2) is 27.0 Å². The number of aromatic nitrogens is 2. The fourth-order valence-corrected chi connectivity index (χ4v) is 3.64. The first-order valence-electron chi connectivity index (χ1n) is 8.06. The third kappa shape index (κ3) is 4.63. The Morgan fingerprint density at radius 2 is 1.83 bits per heavy atom. The minimum atomic E-state index is -4.34. The number of nitrogens with one attached hydrogen (secondary N) is 2. The average molecular weight is 420 g/mol. The number of halogens is 2. The van der Waals surface area contributed by atoms with E-state index in [1.54, 1.807) is 13.0 Å². The Balaban J connectivity index is 1.97. The van der Waals surface area contributed by atoms with E-state index in [1.807, 2.05) is 0 Å². The Hall–Kier alpha value is -3.60. The number of carbonyl (C=O) groups is 1. The zero-order valence-electron chi connectivity index (χ0n) is 14.8. The number of pyridine rings is 2. The highest BCUT2D eigenvalue weighted by atomic mass is 32.2. The third-order valence-corrected chi connectivity index (χ3v) is 5.24. The van der Waals surface area contributed by atoms with Crippen LogP contribution in [0, 0.1) is 18.6 Å². The fourth-order valence-electron chi connectivity index (χ4n) is 2.48. The van der Waals surface area contributed by atoms with Crippen LogP contribution in [0.3, 0.4) is 0 Å². The van der Waals surface area contributed by atoms with E-state index >= 15 is 0 Å². The van der Waals surface area contributed by atoms with Gasteiger partial charge in [-0.05, 0) is 42.8 Å². The van der Waals surface area contributed by atoms with Crippen LogP contribution in [0.4, 0.5) is 25.1 Å². The van der Waals surface area contributed by atoms with Gasteiger partial charge in [0, 0.05) is 24.0 Å². The largest absolute Gasteiger partial charge is 0.465 e. The number of anilines is 2. The van der Waals surface area contributed by atoms with Gasteiger partial charge in [0.1, 0.15) is 22.3 Å². The van der Waals surface area contributed by atoms with Gasteiger partial charge in [-0.15, -0.1) is 0 Å². The number of aryl methyl sites for hydroxylation is 1. The highest BCUT2D eigenvalue weighted by molar-refractivity contribution is 7.92. The molecule has 0 bridgehead atoms. The van der Waals surface area contributed by atoms with E-state index in [0.717, 1.165) is 12.1 Å². The number of hydrogen-bond donors (Lipinski definition) is 3. The third-order valence-electron chi connectivity index (χ3n) is 3.84. The van der Waals surface area contributed by atoms with Crippen molar-refractivity contribution in [3.63, 3.8) is 0 Å². The lowest BCUT2D eigenvalue weighted by Gasteiger charge is -2.12. The van der Waals surface area contributed by atoms with E-state index in [0.29, 0.717) is 22.9 Å². The zero-order chi connectivity index (χ0) is 21.2. The fraction of sp³-hybridized carbons (Fsp3) is 0.0556. The SMILES string of the molecule is Cc1ncc(-c2ccnc(NC(=O)O)c2)cc1NS(=O)(=O)c1ccc(F)cc1F. The Bertz CT molecular complexity index is 1200. The number of nitrogens with zero attached hydrogens (tertiary/aromatic N) is 2. The van der Waals surface area contributed by atoms with Crippen LogP contribution in [0.25, 0.3) is 11.1 Å². The predicted molar refractivity (Wildman–Crippen MR) is 101 cm³/mol. The predicted octanol–water partition coefficient (Wildman–Crippen LogP) is 3.62. The van der Waals surface area contributed by atoms with Gasteiger partial charge in [-0.3, -0.25) is 15.0 Å². The molecule has 29 heavy (non-hydrogen) atoms. The molecule has 0 spiro atoms. The second-order valence-electron chi connectivity index (χ2n) is 5.90. The molecule has 0 aliphatic rings. The molecule has 3 aromatic rings. The maximum Gasteiger partial charge on any atom is 0.410 e. The normalized spacial score (nSPS) is 11.1. The van der Waals surface area contributed by atoms with Crippen molar-refractivity contribution in [3.8, 4) is 11.1 Å². The van der Waals surface area contributed by atoms with Gasteiger partial charge in [0.15, 0.2) is 0 Å². The van der Waals surface area contributed by atoms with Gasteiger partial charge in [0.05, 0.1) is 11.4 Å². The number of hydrogen-bond acceptors (Lipinski definition) is 5. The summed E-state index contributed by atoms with van der Waals surface area (Å²) in [4.78, 5) is 18.0. The molecule has 1 aromatic carbocycles. The Labute approximate surface area is 164 Å². The average Bonchev–Trinajstić information content (AvgIpc) is 2.62. The maximum atomic E-state index is 13.9. The molecule has 0 atom stereocenters. The second kappa shape index (κ2) is 7.80. The quantitative estimate of drug-likeness (QED) is 0.580. The highest BCUT2D eigenvalue weighted by Crippen LogP contribution is 2.27. The van der Waals surface area contributed by atoms with Crippen LogP contribution in [0.2, 0.25) is 0 Å². The van der Waals surface area contributed by atoms with Gasteiger partial charge in [0.2, 0.25) is 0 Å². The summed E-state index contributed by atoms with van der Waals surface area (Å²) in [6, 6.07) is 6.63. The molecule has 150 valence electrons. The summed E-state index contributed by atoms with van der Waals surface area (Å²) in [7, 11) is -4.34. The molecule has 11 heteroatoms. The van der Waals surface area contributed by atoms with Crippen molar-refractivity contribution >= 4 is 27.6 Å². The summed E-state index contributed by atoms with van der Waals surface area (Å²) in [5.41, 5.74) is 1.38. The van der Waals surface area contributed by atoms with Crippen molar-refractivity contribution in [1.29, 1.82) is 0 Å². The van der Waals surface area contributed by atoms with Gasteiger partial charge < -0.3 is 5.11 Å².